The Kier molecular flexibility index (Phi) is 9.83. The maximum atomic E-state index is 10.9. The van der Waals surface area contributed by atoms with Crippen LogP contribution in [0.5, 0.6) is 11.5 Å². The lowest BCUT2D eigenvalue weighted by Crippen LogP contribution is -2.10. The van der Waals surface area contributed by atoms with Crippen LogP contribution < -0.4 is 9.47 Å². The molecule has 6 heteroatoms. The second-order valence-electron chi connectivity index (χ2n) is 4.65. The Morgan fingerprint density at radius 2 is 1.52 bits per heavy atom. The van der Waals surface area contributed by atoms with Gasteiger partial charge in [-0.05, 0) is 31.5 Å². The van der Waals surface area contributed by atoms with Gasteiger partial charge in [0.05, 0.1) is 13.2 Å². The van der Waals surface area contributed by atoms with Crippen LogP contribution in [0.15, 0.2) is 18.2 Å². The van der Waals surface area contributed by atoms with Crippen molar-refractivity contribution in [2.75, 3.05) is 39.6 Å². The summed E-state index contributed by atoms with van der Waals surface area (Å²) in [4.78, 5) is 10.9. The summed E-state index contributed by atoms with van der Waals surface area (Å²) >= 11 is 0. The third-order valence-corrected chi connectivity index (χ3v) is 2.83. The van der Waals surface area contributed by atoms with Crippen molar-refractivity contribution >= 4 is 5.97 Å². The molecule has 0 aliphatic heterocycles. The van der Waals surface area contributed by atoms with Crippen molar-refractivity contribution in [3.63, 3.8) is 0 Å². The summed E-state index contributed by atoms with van der Waals surface area (Å²) in [5, 5.41) is 0. The fourth-order valence-electron chi connectivity index (χ4n) is 1.77. The topological polar surface area (TPSA) is 63.2 Å². The van der Waals surface area contributed by atoms with E-state index in [-0.39, 0.29) is 12.6 Å². The predicted octanol–water partition coefficient (Wildman–Crippen LogP) is 2.58. The molecule has 1 aromatic carbocycles. The molecule has 0 atom stereocenters. The van der Waals surface area contributed by atoms with Gasteiger partial charge in [0.15, 0.2) is 11.5 Å². The molecule has 130 valence electrons. The first-order valence-electron chi connectivity index (χ1n) is 7.84. The van der Waals surface area contributed by atoms with Crippen molar-refractivity contribution in [3.8, 4) is 11.5 Å². The van der Waals surface area contributed by atoms with Gasteiger partial charge in [-0.25, -0.2) is 0 Å². The summed E-state index contributed by atoms with van der Waals surface area (Å²) in [5.41, 5.74) is 0.837. The Bertz CT molecular complexity index is 460. The van der Waals surface area contributed by atoms with Crippen LogP contribution in [-0.4, -0.2) is 45.6 Å². The average molecular weight is 326 g/mol. The predicted molar refractivity (Wildman–Crippen MR) is 85.9 cm³/mol. The molecule has 0 unspecified atom stereocenters. The van der Waals surface area contributed by atoms with Gasteiger partial charge in [-0.2, -0.15) is 0 Å². The Morgan fingerprint density at radius 3 is 2.09 bits per heavy atom. The highest BCUT2D eigenvalue weighted by molar-refractivity contribution is 5.66. The molecule has 0 bridgehead atoms. The van der Waals surface area contributed by atoms with Crippen molar-refractivity contribution in [2.24, 2.45) is 0 Å². The number of carbonyl (C=O) groups excluding carboxylic acids is 1. The summed E-state index contributed by atoms with van der Waals surface area (Å²) < 4.78 is 26.9. The minimum atomic E-state index is -0.319. The van der Waals surface area contributed by atoms with Crippen LogP contribution in [0.1, 0.15) is 26.3 Å². The Labute approximate surface area is 137 Å². The molecule has 0 amide bonds. The molecule has 23 heavy (non-hydrogen) atoms. The maximum absolute atomic E-state index is 10.9. The van der Waals surface area contributed by atoms with E-state index in [1.807, 2.05) is 26.0 Å². The molecule has 1 rings (SSSR count). The molecule has 0 radical (unpaired) electrons. The molecule has 0 N–H and O–H groups in total. The van der Waals surface area contributed by atoms with E-state index in [9.17, 15) is 4.79 Å². The molecule has 0 spiro atoms. The first-order valence-corrected chi connectivity index (χ1v) is 7.84. The summed E-state index contributed by atoms with van der Waals surface area (Å²) in [6, 6.07) is 5.46. The van der Waals surface area contributed by atoms with Crippen molar-refractivity contribution in [2.45, 2.75) is 27.4 Å². The number of benzene rings is 1. The minimum absolute atomic E-state index is 0.205. The van der Waals surface area contributed by atoms with Crippen molar-refractivity contribution < 1.29 is 28.5 Å². The molecule has 1 aromatic rings. The second-order valence-corrected chi connectivity index (χ2v) is 4.65. The largest absolute Gasteiger partial charge is 0.487 e. The summed E-state index contributed by atoms with van der Waals surface area (Å²) in [6.45, 7) is 8.64. The highest BCUT2D eigenvalue weighted by atomic mass is 16.6. The van der Waals surface area contributed by atoms with E-state index in [2.05, 4.69) is 0 Å². The van der Waals surface area contributed by atoms with E-state index in [0.29, 0.717) is 51.1 Å². The lowest BCUT2D eigenvalue weighted by Gasteiger charge is -2.14. The van der Waals surface area contributed by atoms with Gasteiger partial charge < -0.3 is 23.7 Å². The lowest BCUT2D eigenvalue weighted by atomic mass is 10.2. The van der Waals surface area contributed by atoms with E-state index in [0.717, 1.165) is 5.56 Å². The number of esters is 1. The van der Waals surface area contributed by atoms with Gasteiger partial charge in [0.2, 0.25) is 0 Å². The van der Waals surface area contributed by atoms with Crippen LogP contribution in [0, 0.1) is 0 Å². The lowest BCUT2D eigenvalue weighted by molar-refractivity contribution is -0.142. The summed E-state index contributed by atoms with van der Waals surface area (Å²) in [7, 11) is 0. The van der Waals surface area contributed by atoms with Gasteiger partial charge in [0.1, 0.15) is 19.8 Å². The summed E-state index contributed by atoms with van der Waals surface area (Å²) in [6.07, 6.45) is 0. The van der Waals surface area contributed by atoms with Crippen molar-refractivity contribution in [1.29, 1.82) is 0 Å². The van der Waals surface area contributed by atoms with Crippen LogP contribution in [0.2, 0.25) is 0 Å². The zero-order valence-corrected chi connectivity index (χ0v) is 14.1. The average Bonchev–Trinajstić information content (AvgIpc) is 2.55. The second kappa shape index (κ2) is 11.7. The van der Waals surface area contributed by atoms with Gasteiger partial charge in [-0.1, -0.05) is 6.07 Å². The Hall–Kier alpha value is -1.79. The maximum Gasteiger partial charge on any atom is 0.302 e. The van der Waals surface area contributed by atoms with Crippen LogP contribution in [0.3, 0.4) is 0 Å². The highest BCUT2D eigenvalue weighted by Crippen LogP contribution is 2.28. The molecule has 0 aliphatic carbocycles. The molecule has 0 aromatic heterocycles. The molecule has 0 aliphatic rings. The van der Waals surface area contributed by atoms with Gasteiger partial charge in [-0.15, -0.1) is 0 Å². The van der Waals surface area contributed by atoms with Crippen molar-refractivity contribution in [3.05, 3.63) is 23.8 Å². The van der Waals surface area contributed by atoms with Crippen LogP contribution in [0.25, 0.3) is 0 Å². The van der Waals surface area contributed by atoms with E-state index in [1.54, 1.807) is 6.07 Å². The molecule has 0 fully saturated rings. The molecule has 6 nitrogen and oxygen atoms in total. The number of carbonyl (C=O) groups is 1. The summed E-state index contributed by atoms with van der Waals surface area (Å²) in [5.74, 6) is 0.916. The quantitative estimate of drug-likeness (QED) is 0.434. The smallest absolute Gasteiger partial charge is 0.302 e. The molecule has 0 saturated heterocycles. The minimum Gasteiger partial charge on any atom is -0.487 e. The fraction of sp³-hybridized carbons (Fsp3) is 0.588. The Morgan fingerprint density at radius 1 is 0.913 bits per heavy atom. The SMILES string of the molecule is CCOCCOc1ccc(COC(C)=O)cc1OCCOCC. The number of rotatable bonds is 12. The van der Waals surface area contributed by atoms with E-state index in [1.165, 1.54) is 6.92 Å². The third-order valence-electron chi connectivity index (χ3n) is 2.83. The van der Waals surface area contributed by atoms with Gasteiger partial charge in [0, 0.05) is 20.1 Å². The van der Waals surface area contributed by atoms with E-state index < -0.39 is 0 Å². The van der Waals surface area contributed by atoms with Crippen molar-refractivity contribution in [1.82, 2.24) is 0 Å². The first kappa shape index (κ1) is 19.3. The molecular weight excluding hydrogens is 300 g/mol. The van der Waals surface area contributed by atoms with Crippen LogP contribution in [0.4, 0.5) is 0 Å². The molecule has 0 heterocycles. The zero-order chi connectivity index (χ0) is 16.9. The zero-order valence-electron chi connectivity index (χ0n) is 14.1. The van der Waals surface area contributed by atoms with E-state index in [4.69, 9.17) is 23.7 Å². The first-order chi connectivity index (χ1) is 11.2. The number of hydrogen-bond acceptors (Lipinski definition) is 6. The van der Waals surface area contributed by atoms with Gasteiger partial charge in [0.25, 0.3) is 0 Å². The van der Waals surface area contributed by atoms with Gasteiger partial charge in [-0.3, -0.25) is 4.79 Å². The fourth-order valence-corrected chi connectivity index (χ4v) is 1.77. The van der Waals surface area contributed by atoms with Gasteiger partial charge >= 0.3 is 5.97 Å². The number of ether oxygens (including phenoxy) is 5. The highest BCUT2D eigenvalue weighted by Gasteiger charge is 2.08. The standard InChI is InChI=1S/C17H26O6/c1-4-19-8-10-21-16-7-6-15(13-23-14(3)18)12-17(16)22-11-9-20-5-2/h6-7,12H,4-5,8-11,13H2,1-3H3. The monoisotopic (exact) mass is 326 g/mol. The third kappa shape index (κ3) is 8.42. The Balaban J connectivity index is 2.66. The molecule has 0 saturated carbocycles. The van der Waals surface area contributed by atoms with Crippen LogP contribution in [-0.2, 0) is 25.6 Å². The van der Waals surface area contributed by atoms with Crippen LogP contribution >= 0.6 is 0 Å². The molecular formula is C17H26O6. The normalized spacial score (nSPS) is 10.4. The van der Waals surface area contributed by atoms with E-state index >= 15 is 0 Å². The number of hydrogen-bond donors (Lipinski definition) is 0.